The molecular weight excluding hydrogens is 612 g/mol. The Morgan fingerprint density at radius 3 is 2.50 bits per heavy atom. The number of benzene rings is 2. The molecule has 0 radical (unpaired) electrons. The fraction of sp³-hybridized carbons (Fsp3) is 0.394. The molecule has 0 saturated carbocycles. The number of aromatic nitrogens is 4. The fourth-order valence-corrected chi connectivity index (χ4v) is 5.33. The zero-order chi connectivity index (χ0) is 32.8. The summed E-state index contributed by atoms with van der Waals surface area (Å²) in [5.41, 5.74) is 0.373. The molecule has 1 aliphatic heterocycles. The second-order valence-electron chi connectivity index (χ2n) is 11.5. The van der Waals surface area contributed by atoms with E-state index in [1.165, 1.54) is 9.13 Å². The van der Waals surface area contributed by atoms with Crippen LogP contribution in [0.2, 0.25) is 5.02 Å². The van der Waals surface area contributed by atoms with Crippen LogP contribution >= 0.6 is 11.6 Å². The van der Waals surface area contributed by atoms with E-state index >= 15 is 0 Å². The molecule has 4 aromatic rings. The summed E-state index contributed by atoms with van der Waals surface area (Å²) in [5.74, 6) is 7.04. The van der Waals surface area contributed by atoms with E-state index in [2.05, 4.69) is 4.99 Å². The maximum atomic E-state index is 14.0. The van der Waals surface area contributed by atoms with Gasteiger partial charge < -0.3 is 24.6 Å². The lowest BCUT2D eigenvalue weighted by Crippen LogP contribution is -2.57. The van der Waals surface area contributed by atoms with Crippen LogP contribution in [-0.4, -0.2) is 44.0 Å². The smallest absolute Gasteiger partial charge is 0.354 e. The molecule has 244 valence electrons. The molecule has 1 atom stereocenters. The number of halogens is 1. The lowest BCUT2D eigenvalue weighted by Gasteiger charge is -2.22. The van der Waals surface area contributed by atoms with Gasteiger partial charge in [-0.2, -0.15) is 4.68 Å². The molecule has 2 N–H and O–H groups in total. The van der Waals surface area contributed by atoms with Crippen LogP contribution < -0.4 is 33.1 Å². The van der Waals surface area contributed by atoms with E-state index in [1.54, 1.807) is 60.8 Å². The molecule has 2 aromatic heterocycles. The topological polar surface area (TPSA) is 137 Å². The van der Waals surface area contributed by atoms with E-state index in [0.717, 1.165) is 39.6 Å². The number of nitrogen functional groups attached to an aromatic ring is 1. The Bertz CT molecular complexity index is 1920. The third-order valence-corrected chi connectivity index (χ3v) is 7.81. The van der Waals surface area contributed by atoms with Gasteiger partial charge in [0.15, 0.2) is 6.29 Å². The molecule has 12 nitrogen and oxygen atoms in total. The summed E-state index contributed by atoms with van der Waals surface area (Å²) < 4.78 is 21.8. The Morgan fingerprint density at radius 1 is 1.02 bits per heavy atom. The Hall–Kier alpha value is -4.39. The van der Waals surface area contributed by atoms with Gasteiger partial charge in [-0.15, -0.1) is 0 Å². The Labute approximate surface area is 270 Å². The standard InChI is InChI=1S/C33H39ClN6O6/c1-22(2)46-28-14-13-27(19-23(28)3)36-31-38(20-24-9-11-26(34)12-10-24)32(42)39(33(43)40(31)35)21-25-7-6-15-37(30(25)41)16-18-45-29-8-4-5-17-44-29/h6-7,9-15,19,22,29H,4-5,8,16-18,20-21,35H2,1-3H3. The van der Waals surface area contributed by atoms with E-state index in [1.807, 2.05) is 20.8 Å². The highest BCUT2D eigenvalue weighted by Crippen LogP contribution is 2.24. The predicted molar refractivity (Wildman–Crippen MR) is 175 cm³/mol. The molecular formula is C33H39ClN6O6. The first-order chi connectivity index (χ1) is 22.1. The van der Waals surface area contributed by atoms with Crippen LogP contribution in [0.3, 0.4) is 0 Å². The van der Waals surface area contributed by atoms with Gasteiger partial charge in [-0.1, -0.05) is 29.8 Å². The van der Waals surface area contributed by atoms with Crippen molar-refractivity contribution < 1.29 is 14.2 Å². The number of hydrogen-bond acceptors (Lipinski definition) is 8. The first-order valence-corrected chi connectivity index (χ1v) is 15.7. The van der Waals surface area contributed by atoms with Gasteiger partial charge in [0.05, 0.1) is 31.5 Å². The maximum absolute atomic E-state index is 14.0. The van der Waals surface area contributed by atoms with Crippen LogP contribution in [0.5, 0.6) is 5.75 Å². The number of rotatable bonds is 11. The summed E-state index contributed by atoms with van der Waals surface area (Å²) in [7, 11) is 0. The number of nitrogens with two attached hydrogens (primary N) is 1. The zero-order valence-electron chi connectivity index (χ0n) is 26.2. The lowest BCUT2D eigenvalue weighted by molar-refractivity contribution is -0.163. The summed E-state index contributed by atoms with van der Waals surface area (Å²) in [5, 5.41) is 0.538. The quantitative estimate of drug-likeness (QED) is 0.246. The van der Waals surface area contributed by atoms with Crippen molar-refractivity contribution in [3.05, 3.63) is 119 Å². The maximum Gasteiger partial charge on any atom is 0.354 e. The van der Waals surface area contributed by atoms with Crippen molar-refractivity contribution >= 4 is 17.3 Å². The fourth-order valence-electron chi connectivity index (χ4n) is 5.20. The third-order valence-electron chi connectivity index (χ3n) is 7.56. The van der Waals surface area contributed by atoms with Crippen LogP contribution in [0.1, 0.15) is 49.8 Å². The van der Waals surface area contributed by atoms with Crippen molar-refractivity contribution in [2.24, 2.45) is 4.99 Å². The van der Waals surface area contributed by atoms with Crippen molar-refractivity contribution in [3.63, 3.8) is 0 Å². The molecule has 0 amide bonds. The average Bonchev–Trinajstić information content (AvgIpc) is 3.04. The minimum Gasteiger partial charge on any atom is -0.491 e. The van der Waals surface area contributed by atoms with Gasteiger partial charge in [0, 0.05) is 29.9 Å². The van der Waals surface area contributed by atoms with Gasteiger partial charge in [0.25, 0.3) is 5.56 Å². The Balaban J connectivity index is 1.52. The number of ether oxygens (including phenoxy) is 3. The second-order valence-corrected chi connectivity index (χ2v) is 11.9. The van der Waals surface area contributed by atoms with E-state index in [9.17, 15) is 14.4 Å². The molecule has 0 spiro atoms. The van der Waals surface area contributed by atoms with Gasteiger partial charge >= 0.3 is 11.4 Å². The van der Waals surface area contributed by atoms with Gasteiger partial charge in [-0.3, -0.25) is 9.36 Å². The molecule has 46 heavy (non-hydrogen) atoms. The molecule has 0 bridgehead atoms. The van der Waals surface area contributed by atoms with Crippen LogP contribution in [0.25, 0.3) is 0 Å². The Morgan fingerprint density at radius 2 is 1.80 bits per heavy atom. The third kappa shape index (κ3) is 7.87. The summed E-state index contributed by atoms with van der Waals surface area (Å²) in [6, 6.07) is 15.5. The van der Waals surface area contributed by atoms with Crippen molar-refractivity contribution in [2.45, 2.75) is 72.1 Å². The summed E-state index contributed by atoms with van der Waals surface area (Å²) >= 11 is 6.09. The Kier molecular flexibility index (Phi) is 10.6. The van der Waals surface area contributed by atoms with Gasteiger partial charge in [0.1, 0.15) is 5.75 Å². The minimum absolute atomic E-state index is 0.0111. The highest BCUT2D eigenvalue weighted by molar-refractivity contribution is 6.30. The molecule has 0 aliphatic carbocycles. The van der Waals surface area contributed by atoms with E-state index in [-0.39, 0.29) is 55.4 Å². The highest BCUT2D eigenvalue weighted by Gasteiger charge is 2.17. The minimum atomic E-state index is -0.819. The predicted octanol–water partition coefficient (Wildman–Crippen LogP) is 3.31. The molecule has 1 unspecified atom stereocenters. The molecule has 2 aromatic carbocycles. The first kappa shape index (κ1) is 33.0. The van der Waals surface area contributed by atoms with Crippen LogP contribution in [0, 0.1) is 6.92 Å². The van der Waals surface area contributed by atoms with Crippen LogP contribution in [-0.2, 0) is 29.1 Å². The average molecular weight is 651 g/mol. The molecule has 1 aliphatic rings. The molecule has 1 saturated heterocycles. The number of aryl methyl sites for hydroxylation is 1. The molecule has 5 rings (SSSR count). The van der Waals surface area contributed by atoms with E-state index in [0.29, 0.717) is 23.1 Å². The van der Waals surface area contributed by atoms with Crippen molar-refractivity contribution in [1.29, 1.82) is 0 Å². The molecule has 13 heteroatoms. The number of pyridine rings is 1. The van der Waals surface area contributed by atoms with Crippen molar-refractivity contribution in [2.75, 3.05) is 19.1 Å². The lowest BCUT2D eigenvalue weighted by atomic mass is 10.2. The monoisotopic (exact) mass is 650 g/mol. The number of nitrogens with zero attached hydrogens (tertiary/aromatic N) is 5. The van der Waals surface area contributed by atoms with Gasteiger partial charge in [-0.05, 0) is 87.6 Å². The van der Waals surface area contributed by atoms with Crippen molar-refractivity contribution in [3.8, 4) is 5.75 Å². The van der Waals surface area contributed by atoms with Gasteiger partial charge in [0.2, 0.25) is 5.62 Å². The summed E-state index contributed by atoms with van der Waals surface area (Å²) in [4.78, 5) is 45.6. The second kappa shape index (κ2) is 14.8. The first-order valence-electron chi connectivity index (χ1n) is 15.3. The molecule has 3 heterocycles. The van der Waals surface area contributed by atoms with Gasteiger partial charge in [-0.25, -0.2) is 19.1 Å². The van der Waals surface area contributed by atoms with Crippen LogP contribution in [0.4, 0.5) is 5.69 Å². The normalized spacial score (nSPS) is 15.4. The van der Waals surface area contributed by atoms with Crippen molar-refractivity contribution in [1.82, 2.24) is 18.4 Å². The highest BCUT2D eigenvalue weighted by atomic mass is 35.5. The summed E-state index contributed by atoms with van der Waals surface area (Å²) in [6.07, 6.45) is 4.23. The summed E-state index contributed by atoms with van der Waals surface area (Å²) in [6.45, 7) is 6.74. The largest absolute Gasteiger partial charge is 0.491 e. The number of hydrogen-bond donors (Lipinski definition) is 1. The van der Waals surface area contributed by atoms with E-state index < -0.39 is 11.4 Å². The molecule has 1 fully saturated rings. The van der Waals surface area contributed by atoms with E-state index in [4.69, 9.17) is 31.7 Å². The van der Waals surface area contributed by atoms with Crippen LogP contribution in [0.15, 0.2) is 80.2 Å². The SMILES string of the molecule is Cc1cc(N=c2n(N)c(=O)n(Cc3cccn(CCOC4CCCCO4)c3=O)c(=O)n2Cc2ccc(Cl)cc2)ccc1OC(C)C. The zero-order valence-corrected chi connectivity index (χ0v) is 27.0.